The van der Waals surface area contributed by atoms with Gasteiger partial charge >= 0.3 is 0 Å². The third kappa shape index (κ3) is 1.64. The van der Waals surface area contributed by atoms with Gasteiger partial charge in [-0.05, 0) is 38.5 Å². The third-order valence-corrected chi connectivity index (χ3v) is 3.81. The van der Waals surface area contributed by atoms with E-state index in [2.05, 4.69) is 0 Å². The minimum atomic E-state index is -0.481. The summed E-state index contributed by atoms with van der Waals surface area (Å²) in [4.78, 5) is 11.0. The van der Waals surface area contributed by atoms with Crippen LogP contribution in [0.2, 0.25) is 0 Å². The lowest BCUT2D eigenvalue weighted by Gasteiger charge is -2.41. The molecule has 2 aliphatic carbocycles. The zero-order valence-electron chi connectivity index (χ0n) is 8.09. The Morgan fingerprint density at radius 2 is 1.69 bits per heavy atom. The summed E-state index contributed by atoms with van der Waals surface area (Å²) < 4.78 is 0. The summed E-state index contributed by atoms with van der Waals surface area (Å²) in [5.74, 6) is 0. The van der Waals surface area contributed by atoms with Gasteiger partial charge in [0, 0.05) is 5.41 Å². The number of aliphatic hydroxyl groups is 1. The average Bonchev–Trinajstić information content (AvgIpc) is 2.51. The predicted octanol–water partition coefficient (Wildman–Crippen LogP) is 2.05. The molecular weight excluding hydrogens is 164 g/mol. The molecule has 2 heteroatoms. The predicted molar refractivity (Wildman–Crippen MR) is 50.4 cm³/mol. The normalized spacial score (nSPS) is 29.6. The van der Waals surface area contributed by atoms with Crippen LogP contribution in [0.5, 0.6) is 0 Å². The molecule has 0 heterocycles. The van der Waals surface area contributed by atoms with Crippen LogP contribution in [0.4, 0.5) is 0 Å². The fourth-order valence-corrected chi connectivity index (χ4v) is 2.83. The second kappa shape index (κ2) is 3.09. The maximum Gasteiger partial charge on any atom is 0.126 e. The molecule has 0 amide bonds. The summed E-state index contributed by atoms with van der Waals surface area (Å²) in [7, 11) is 0. The first kappa shape index (κ1) is 9.20. The molecule has 0 aromatic heterocycles. The first-order valence-electron chi connectivity index (χ1n) is 5.37. The van der Waals surface area contributed by atoms with Gasteiger partial charge < -0.3 is 9.90 Å². The summed E-state index contributed by atoms with van der Waals surface area (Å²) in [5, 5.41) is 10.0. The molecule has 2 saturated carbocycles. The topological polar surface area (TPSA) is 37.3 Å². The molecule has 0 atom stereocenters. The quantitative estimate of drug-likeness (QED) is 0.678. The van der Waals surface area contributed by atoms with Crippen LogP contribution in [0.15, 0.2) is 0 Å². The Kier molecular flexibility index (Phi) is 2.18. The van der Waals surface area contributed by atoms with Crippen LogP contribution < -0.4 is 0 Å². The summed E-state index contributed by atoms with van der Waals surface area (Å²) in [6.45, 7) is 0. The Bertz CT molecular complexity index is 200. The maximum absolute atomic E-state index is 11.0. The van der Waals surface area contributed by atoms with E-state index in [4.69, 9.17) is 0 Å². The van der Waals surface area contributed by atoms with E-state index in [-0.39, 0.29) is 5.41 Å². The van der Waals surface area contributed by atoms with Crippen molar-refractivity contribution < 1.29 is 9.90 Å². The summed E-state index contributed by atoms with van der Waals surface area (Å²) >= 11 is 0. The molecule has 0 aromatic carbocycles. The second-order valence-electron chi connectivity index (χ2n) is 4.94. The van der Waals surface area contributed by atoms with Gasteiger partial charge in [0.05, 0.1) is 5.60 Å². The van der Waals surface area contributed by atoms with E-state index in [1.54, 1.807) is 0 Å². The number of carbonyl (C=O) groups excluding carboxylic acids is 1. The number of hydrogen-bond donors (Lipinski definition) is 1. The lowest BCUT2D eigenvalue weighted by molar-refractivity contribution is -0.124. The van der Waals surface area contributed by atoms with Crippen molar-refractivity contribution in [1.82, 2.24) is 0 Å². The van der Waals surface area contributed by atoms with Crippen LogP contribution in [-0.2, 0) is 4.79 Å². The monoisotopic (exact) mass is 182 g/mol. The minimum Gasteiger partial charge on any atom is -0.390 e. The SMILES string of the molecule is O=CC1(CC2(O)CCC2)CCCC1. The van der Waals surface area contributed by atoms with Crippen LogP contribution in [0.3, 0.4) is 0 Å². The van der Waals surface area contributed by atoms with Crippen molar-refractivity contribution in [1.29, 1.82) is 0 Å². The molecular formula is C11H18O2. The van der Waals surface area contributed by atoms with Gasteiger partial charge in [0.2, 0.25) is 0 Å². The maximum atomic E-state index is 11.0. The number of aldehydes is 1. The molecule has 13 heavy (non-hydrogen) atoms. The van der Waals surface area contributed by atoms with Gasteiger partial charge in [-0.15, -0.1) is 0 Å². The molecule has 2 fully saturated rings. The zero-order chi connectivity index (χ0) is 9.36. The van der Waals surface area contributed by atoms with Crippen molar-refractivity contribution in [3.8, 4) is 0 Å². The number of carbonyl (C=O) groups is 1. The minimum absolute atomic E-state index is 0.158. The lowest BCUT2D eigenvalue weighted by atomic mass is 9.68. The molecule has 2 rings (SSSR count). The second-order valence-corrected chi connectivity index (χ2v) is 4.94. The molecule has 1 N–H and O–H groups in total. The van der Waals surface area contributed by atoms with Crippen molar-refractivity contribution >= 4 is 6.29 Å². The standard InChI is InChI=1S/C11H18O2/c12-9-10(4-1-2-5-10)8-11(13)6-3-7-11/h9,13H,1-8H2. The van der Waals surface area contributed by atoms with Crippen molar-refractivity contribution in [2.45, 2.75) is 57.0 Å². The van der Waals surface area contributed by atoms with Crippen LogP contribution in [0.25, 0.3) is 0 Å². The molecule has 2 aliphatic rings. The van der Waals surface area contributed by atoms with E-state index in [1.165, 1.54) is 0 Å². The molecule has 2 nitrogen and oxygen atoms in total. The fraction of sp³-hybridized carbons (Fsp3) is 0.909. The average molecular weight is 182 g/mol. The smallest absolute Gasteiger partial charge is 0.126 e. The van der Waals surface area contributed by atoms with Crippen molar-refractivity contribution in [3.63, 3.8) is 0 Å². The highest BCUT2D eigenvalue weighted by Gasteiger charge is 2.44. The molecule has 0 aromatic rings. The molecule has 0 spiro atoms. The Hall–Kier alpha value is -0.370. The first-order chi connectivity index (χ1) is 6.18. The van der Waals surface area contributed by atoms with Crippen LogP contribution >= 0.6 is 0 Å². The molecule has 74 valence electrons. The van der Waals surface area contributed by atoms with Gasteiger partial charge in [-0.3, -0.25) is 0 Å². The van der Waals surface area contributed by atoms with E-state index in [0.717, 1.165) is 57.7 Å². The van der Waals surface area contributed by atoms with E-state index in [1.807, 2.05) is 0 Å². The van der Waals surface area contributed by atoms with Gasteiger partial charge in [0.1, 0.15) is 6.29 Å². The third-order valence-electron chi connectivity index (χ3n) is 3.81. The first-order valence-corrected chi connectivity index (χ1v) is 5.37. The van der Waals surface area contributed by atoms with Gasteiger partial charge in [-0.2, -0.15) is 0 Å². The zero-order valence-corrected chi connectivity index (χ0v) is 8.09. The van der Waals surface area contributed by atoms with Crippen LogP contribution in [0.1, 0.15) is 51.4 Å². The summed E-state index contributed by atoms with van der Waals surface area (Å²) in [5.41, 5.74) is -0.638. The van der Waals surface area contributed by atoms with E-state index >= 15 is 0 Å². The highest BCUT2D eigenvalue weighted by molar-refractivity contribution is 5.60. The molecule has 0 aliphatic heterocycles. The Labute approximate surface area is 79.3 Å². The molecule has 0 saturated heterocycles. The Morgan fingerprint density at radius 3 is 2.08 bits per heavy atom. The van der Waals surface area contributed by atoms with E-state index < -0.39 is 5.60 Å². The van der Waals surface area contributed by atoms with Gasteiger partial charge in [0.15, 0.2) is 0 Å². The Balaban J connectivity index is 2.00. The van der Waals surface area contributed by atoms with Crippen molar-refractivity contribution in [2.75, 3.05) is 0 Å². The summed E-state index contributed by atoms with van der Waals surface area (Å²) in [6, 6.07) is 0. The van der Waals surface area contributed by atoms with Gasteiger partial charge in [-0.1, -0.05) is 12.8 Å². The van der Waals surface area contributed by atoms with E-state index in [9.17, 15) is 9.90 Å². The fourth-order valence-electron chi connectivity index (χ4n) is 2.83. The molecule has 0 bridgehead atoms. The highest BCUT2D eigenvalue weighted by atomic mass is 16.3. The number of rotatable bonds is 3. The Morgan fingerprint density at radius 1 is 1.08 bits per heavy atom. The van der Waals surface area contributed by atoms with Crippen molar-refractivity contribution in [2.24, 2.45) is 5.41 Å². The van der Waals surface area contributed by atoms with Crippen molar-refractivity contribution in [3.05, 3.63) is 0 Å². The van der Waals surface area contributed by atoms with E-state index in [0.29, 0.717) is 0 Å². The largest absolute Gasteiger partial charge is 0.390 e. The highest BCUT2D eigenvalue weighted by Crippen LogP contribution is 2.47. The molecule has 0 unspecified atom stereocenters. The molecule has 0 radical (unpaired) electrons. The van der Waals surface area contributed by atoms with Crippen LogP contribution in [-0.4, -0.2) is 17.0 Å². The summed E-state index contributed by atoms with van der Waals surface area (Å²) in [6.07, 6.45) is 9.09. The van der Waals surface area contributed by atoms with Crippen LogP contribution in [0, 0.1) is 5.41 Å². The van der Waals surface area contributed by atoms with Gasteiger partial charge in [0.25, 0.3) is 0 Å². The lowest BCUT2D eigenvalue weighted by Crippen LogP contribution is -2.42. The van der Waals surface area contributed by atoms with Gasteiger partial charge in [-0.25, -0.2) is 0 Å². The number of hydrogen-bond acceptors (Lipinski definition) is 2.